The molecule has 0 aliphatic carbocycles. The van der Waals surface area contributed by atoms with Crippen LogP contribution in [0.25, 0.3) is 43.1 Å². The minimum atomic E-state index is -0.111. The fraction of sp³-hybridized carbons (Fsp3) is 0.179. The van der Waals surface area contributed by atoms with Gasteiger partial charge in [0.15, 0.2) is 0 Å². The summed E-state index contributed by atoms with van der Waals surface area (Å²) < 4.78 is 12.4. The highest BCUT2D eigenvalue weighted by atomic mass is 16.5. The first-order valence-electron chi connectivity index (χ1n) is 21.3. The van der Waals surface area contributed by atoms with Crippen LogP contribution in [0.15, 0.2) is 176 Å². The Hall–Kier alpha value is -7.06. The number of carbonyl (C=O) groups excluding carboxylic acids is 2. The molecule has 0 bridgehead atoms. The maximum atomic E-state index is 14.5. The molecule has 318 valence electrons. The lowest BCUT2D eigenvalue weighted by Gasteiger charge is -2.23. The van der Waals surface area contributed by atoms with Gasteiger partial charge >= 0.3 is 0 Å². The lowest BCUT2D eigenvalue weighted by Crippen LogP contribution is -2.28. The van der Waals surface area contributed by atoms with Gasteiger partial charge in [-0.25, -0.2) is 0 Å². The highest BCUT2D eigenvalue weighted by Crippen LogP contribution is 2.36. The SMILES string of the molecule is C=C/C=C(\C=C)COCc1c2ccccc2c(C(=O)N(C)Cc2ccc(CN(C)C(=O)c3c4ccccc4c(COCC(/C=C\C)=C/C)c4ccccc34)cc2N)c2ccccc12. The van der Waals surface area contributed by atoms with Crippen LogP contribution >= 0.6 is 0 Å². The standard InChI is InChI=1S/C56H55N3O4/c1-7-19-38(9-3)34-62-36-50-42-21-11-15-25-46(42)53(47-26-16-12-22-43(47)50)55(60)58(5)32-40-29-30-41(52(57)31-40)33-59(6)56(61)54-48-27-17-13-23-44(48)51(45-24-14-18-28-49(45)54)37-63-35-39(10-4)20-8-2/h7-31H,2,4,32-37,57H2,1,3,5-6H3/b19-7-,38-9+,39-20+. The number of nitrogen functional groups attached to an aromatic ring is 1. The smallest absolute Gasteiger partial charge is 0.255 e. The van der Waals surface area contributed by atoms with Gasteiger partial charge in [0.05, 0.1) is 37.6 Å². The molecule has 0 unspecified atom stereocenters. The van der Waals surface area contributed by atoms with E-state index in [2.05, 4.69) is 37.4 Å². The average Bonchev–Trinajstić information content (AvgIpc) is 3.30. The lowest BCUT2D eigenvalue weighted by atomic mass is 9.91. The van der Waals surface area contributed by atoms with Crippen LogP contribution in [-0.4, -0.2) is 48.9 Å². The number of benzene rings is 7. The van der Waals surface area contributed by atoms with Crippen molar-refractivity contribution in [2.75, 3.05) is 33.0 Å². The van der Waals surface area contributed by atoms with E-state index in [0.717, 1.165) is 76.5 Å². The van der Waals surface area contributed by atoms with Crippen molar-refractivity contribution in [1.29, 1.82) is 0 Å². The predicted octanol–water partition coefficient (Wildman–Crippen LogP) is 12.3. The summed E-state index contributed by atoms with van der Waals surface area (Å²) in [4.78, 5) is 32.5. The van der Waals surface area contributed by atoms with E-state index < -0.39 is 0 Å². The summed E-state index contributed by atoms with van der Waals surface area (Å²) in [5, 5.41) is 7.41. The first kappa shape index (κ1) is 44.0. The molecule has 7 rings (SSSR count). The van der Waals surface area contributed by atoms with Crippen LogP contribution in [0.2, 0.25) is 0 Å². The van der Waals surface area contributed by atoms with Crippen LogP contribution in [0.3, 0.4) is 0 Å². The zero-order valence-corrected chi connectivity index (χ0v) is 36.7. The Morgan fingerprint density at radius 3 is 1.43 bits per heavy atom. The molecule has 2 N–H and O–H groups in total. The summed E-state index contributed by atoms with van der Waals surface area (Å²) in [5.41, 5.74) is 14.4. The lowest BCUT2D eigenvalue weighted by molar-refractivity contribution is 0.0780. The molecule has 7 aromatic rings. The number of fused-ring (bicyclic) bond motifs is 4. The average molecular weight is 834 g/mol. The fourth-order valence-corrected chi connectivity index (χ4v) is 8.46. The molecule has 0 aromatic heterocycles. The van der Waals surface area contributed by atoms with Gasteiger partial charge in [0, 0.05) is 32.9 Å². The number of ether oxygens (including phenoxy) is 2. The van der Waals surface area contributed by atoms with Crippen molar-refractivity contribution in [3.05, 3.63) is 209 Å². The number of hydrogen-bond acceptors (Lipinski definition) is 5. The largest absolute Gasteiger partial charge is 0.398 e. The number of amides is 2. The Kier molecular flexibility index (Phi) is 14.1. The third kappa shape index (κ3) is 9.41. The van der Waals surface area contributed by atoms with Crippen molar-refractivity contribution >= 4 is 60.6 Å². The zero-order valence-electron chi connectivity index (χ0n) is 36.7. The molecular formula is C56H55N3O4. The van der Waals surface area contributed by atoms with Crippen LogP contribution in [0.4, 0.5) is 5.69 Å². The first-order chi connectivity index (χ1) is 30.7. The molecule has 0 fully saturated rings. The summed E-state index contributed by atoms with van der Waals surface area (Å²) in [7, 11) is 3.63. The van der Waals surface area contributed by atoms with E-state index in [1.165, 1.54) is 0 Å². The Labute approximate surface area is 370 Å². The number of anilines is 1. The van der Waals surface area contributed by atoms with E-state index in [1.807, 2.05) is 136 Å². The van der Waals surface area contributed by atoms with Crippen LogP contribution in [-0.2, 0) is 35.8 Å². The number of rotatable bonds is 17. The van der Waals surface area contributed by atoms with Crippen molar-refractivity contribution in [3.63, 3.8) is 0 Å². The van der Waals surface area contributed by atoms with E-state index in [9.17, 15) is 9.59 Å². The molecule has 0 saturated carbocycles. The van der Waals surface area contributed by atoms with Crippen LogP contribution in [0, 0.1) is 0 Å². The van der Waals surface area contributed by atoms with Gasteiger partial charge in [-0.3, -0.25) is 9.59 Å². The molecule has 0 heterocycles. The van der Waals surface area contributed by atoms with Gasteiger partial charge in [-0.2, -0.15) is 0 Å². The topological polar surface area (TPSA) is 85.1 Å². The van der Waals surface area contributed by atoms with Gasteiger partial charge in [-0.1, -0.05) is 159 Å². The highest BCUT2D eigenvalue weighted by molar-refractivity contribution is 6.20. The second-order valence-corrected chi connectivity index (χ2v) is 15.8. The number of carbonyl (C=O) groups is 2. The van der Waals surface area contributed by atoms with E-state index in [0.29, 0.717) is 56.3 Å². The van der Waals surface area contributed by atoms with Gasteiger partial charge in [-0.15, -0.1) is 0 Å². The quantitative estimate of drug-likeness (QED) is 0.0561. The summed E-state index contributed by atoms with van der Waals surface area (Å²) in [6.45, 7) is 14.0. The fourth-order valence-electron chi connectivity index (χ4n) is 8.46. The summed E-state index contributed by atoms with van der Waals surface area (Å²) in [6, 6.07) is 38.0. The minimum absolute atomic E-state index is 0.0878. The van der Waals surface area contributed by atoms with Gasteiger partial charge < -0.3 is 25.0 Å². The second kappa shape index (κ2) is 20.2. The van der Waals surface area contributed by atoms with Crippen molar-refractivity contribution in [2.45, 2.75) is 40.2 Å². The molecule has 2 amide bonds. The summed E-state index contributed by atoms with van der Waals surface area (Å²) in [6.07, 6.45) is 11.5. The number of allylic oxidation sites excluding steroid dienone is 4. The van der Waals surface area contributed by atoms with Crippen LogP contribution < -0.4 is 5.73 Å². The number of hydrogen-bond donors (Lipinski definition) is 1. The van der Waals surface area contributed by atoms with Crippen molar-refractivity contribution in [2.24, 2.45) is 0 Å². The molecule has 7 heteroatoms. The number of nitrogens with two attached hydrogens (primary N) is 1. The number of nitrogens with zero attached hydrogens (tertiary/aromatic N) is 2. The first-order valence-corrected chi connectivity index (χ1v) is 21.3. The molecule has 7 aromatic carbocycles. The Bertz CT molecular complexity index is 2840. The molecule has 7 nitrogen and oxygen atoms in total. The van der Waals surface area contributed by atoms with Crippen molar-refractivity contribution in [1.82, 2.24) is 9.80 Å². The molecular weight excluding hydrogens is 779 g/mol. The molecule has 0 spiro atoms. The zero-order chi connectivity index (χ0) is 44.5. The van der Waals surface area contributed by atoms with E-state index >= 15 is 0 Å². The highest BCUT2D eigenvalue weighted by Gasteiger charge is 2.24. The maximum absolute atomic E-state index is 14.5. The third-order valence-corrected chi connectivity index (χ3v) is 11.6. The second-order valence-electron chi connectivity index (χ2n) is 15.8. The molecule has 0 atom stereocenters. The van der Waals surface area contributed by atoms with Gasteiger partial charge in [-0.05, 0) is 96.4 Å². The Morgan fingerprint density at radius 1 is 0.603 bits per heavy atom. The van der Waals surface area contributed by atoms with Crippen molar-refractivity contribution in [3.8, 4) is 0 Å². The summed E-state index contributed by atoms with van der Waals surface area (Å²) in [5.74, 6) is -0.199. The molecule has 0 aliphatic heterocycles. The molecule has 63 heavy (non-hydrogen) atoms. The predicted molar refractivity (Wildman–Crippen MR) is 262 cm³/mol. The van der Waals surface area contributed by atoms with Crippen LogP contribution in [0.5, 0.6) is 0 Å². The summed E-state index contributed by atoms with van der Waals surface area (Å²) >= 11 is 0. The van der Waals surface area contributed by atoms with Gasteiger partial charge in [0.1, 0.15) is 0 Å². The van der Waals surface area contributed by atoms with E-state index in [1.54, 1.807) is 29.0 Å². The van der Waals surface area contributed by atoms with Crippen molar-refractivity contribution < 1.29 is 19.1 Å². The molecule has 0 aliphatic rings. The maximum Gasteiger partial charge on any atom is 0.255 e. The Balaban J connectivity index is 1.11. The van der Waals surface area contributed by atoms with Gasteiger partial charge in [0.25, 0.3) is 11.8 Å². The van der Waals surface area contributed by atoms with E-state index in [4.69, 9.17) is 15.2 Å². The third-order valence-electron chi connectivity index (χ3n) is 11.6. The Morgan fingerprint density at radius 2 is 1.03 bits per heavy atom. The molecule has 0 radical (unpaired) electrons. The molecule has 0 saturated heterocycles. The normalized spacial score (nSPS) is 12.1. The van der Waals surface area contributed by atoms with E-state index in [-0.39, 0.29) is 11.8 Å². The minimum Gasteiger partial charge on any atom is -0.398 e. The van der Waals surface area contributed by atoms with Gasteiger partial charge in [0.2, 0.25) is 0 Å². The van der Waals surface area contributed by atoms with Crippen LogP contribution in [0.1, 0.15) is 56.8 Å². The monoisotopic (exact) mass is 833 g/mol.